The maximum Gasteiger partial charge on any atom is 0.240 e. The summed E-state index contributed by atoms with van der Waals surface area (Å²) in [5.74, 6) is 1.12. The van der Waals surface area contributed by atoms with Crippen LogP contribution in [-0.2, 0) is 20.9 Å². The van der Waals surface area contributed by atoms with Gasteiger partial charge in [0.25, 0.3) is 0 Å². The Bertz CT molecular complexity index is 787. The van der Waals surface area contributed by atoms with Gasteiger partial charge < -0.3 is 19.7 Å². The molecule has 1 aliphatic carbocycles. The van der Waals surface area contributed by atoms with Crippen LogP contribution in [-0.4, -0.2) is 73.2 Å². The van der Waals surface area contributed by atoms with Crippen LogP contribution in [0.4, 0.5) is 0 Å². The number of nitrogens with one attached hydrogen (secondary N) is 1. The first-order valence-electron chi connectivity index (χ1n) is 12.2. The van der Waals surface area contributed by atoms with Gasteiger partial charge in [-0.1, -0.05) is 31.4 Å². The molecule has 3 aliphatic rings. The Kier molecular flexibility index (Phi) is 7.68. The van der Waals surface area contributed by atoms with Gasteiger partial charge in [-0.25, -0.2) is 0 Å². The minimum absolute atomic E-state index is 0.0431. The molecule has 1 atom stereocenters. The van der Waals surface area contributed by atoms with Gasteiger partial charge in [0.2, 0.25) is 11.8 Å². The van der Waals surface area contributed by atoms with Crippen molar-refractivity contribution in [3.63, 3.8) is 0 Å². The number of ether oxygens (including phenoxy) is 2. The highest BCUT2D eigenvalue weighted by atomic mass is 16.5. The topological polar surface area (TPSA) is 71.1 Å². The van der Waals surface area contributed by atoms with Crippen LogP contribution < -0.4 is 10.1 Å². The van der Waals surface area contributed by atoms with Crippen LogP contribution in [0, 0.1) is 0 Å². The molecule has 2 aliphatic heterocycles. The summed E-state index contributed by atoms with van der Waals surface area (Å²) in [6.45, 7) is 4.29. The third-order valence-electron chi connectivity index (χ3n) is 7.37. The number of morpholine rings is 1. The van der Waals surface area contributed by atoms with Gasteiger partial charge in [0.05, 0.1) is 20.3 Å². The zero-order valence-corrected chi connectivity index (χ0v) is 19.3. The van der Waals surface area contributed by atoms with E-state index in [1.807, 2.05) is 29.2 Å². The van der Waals surface area contributed by atoms with E-state index in [2.05, 4.69) is 10.2 Å². The highest BCUT2D eigenvalue weighted by molar-refractivity contribution is 5.87. The molecule has 2 saturated heterocycles. The number of carbonyl (C=O) groups is 2. The van der Waals surface area contributed by atoms with Crippen LogP contribution in [0.3, 0.4) is 0 Å². The fourth-order valence-electron chi connectivity index (χ4n) is 5.47. The number of nitrogens with zero attached hydrogens (tertiary/aromatic N) is 2. The van der Waals surface area contributed by atoms with E-state index in [1.54, 1.807) is 7.11 Å². The summed E-state index contributed by atoms with van der Waals surface area (Å²) < 4.78 is 10.9. The first-order chi connectivity index (χ1) is 15.6. The summed E-state index contributed by atoms with van der Waals surface area (Å²) in [6.07, 6.45) is 7.22. The van der Waals surface area contributed by atoms with Crippen molar-refractivity contribution in [2.24, 2.45) is 0 Å². The van der Waals surface area contributed by atoms with Crippen molar-refractivity contribution in [2.75, 3.05) is 40.0 Å². The first-order valence-corrected chi connectivity index (χ1v) is 12.2. The molecule has 1 aromatic carbocycles. The minimum Gasteiger partial charge on any atom is -0.497 e. The van der Waals surface area contributed by atoms with E-state index in [-0.39, 0.29) is 17.9 Å². The molecule has 0 aromatic heterocycles. The van der Waals surface area contributed by atoms with Gasteiger partial charge in [-0.2, -0.15) is 0 Å². The Morgan fingerprint density at radius 2 is 1.94 bits per heavy atom. The van der Waals surface area contributed by atoms with Crippen LogP contribution in [0.5, 0.6) is 5.75 Å². The van der Waals surface area contributed by atoms with E-state index in [1.165, 1.54) is 6.42 Å². The highest BCUT2D eigenvalue weighted by Gasteiger charge is 2.45. The van der Waals surface area contributed by atoms with Crippen molar-refractivity contribution < 1.29 is 19.1 Å². The molecular weight excluding hydrogens is 406 g/mol. The highest BCUT2D eigenvalue weighted by Crippen LogP contribution is 2.35. The Labute approximate surface area is 191 Å². The van der Waals surface area contributed by atoms with Crippen LogP contribution in [0.15, 0.2) is 24.3 Å². The lowest BCUT2D eigenvalue weighted by Gasteiger charge is -2.47. The molecule has 1 aromatic rings. The third-order valence-corrected chi connectivity index (χ3v) is 7.37. The molecule has 176 valence electrons. The number of hydrogen-bond donors (Lipinski definition) is 1. The molecule has 1 unspecified atom stereocenters. The van der Waals surface area contributed by atoms with E-state index in [4.69, 9.17) is 9.47 Å². The molecule has 7 nitrogen and oxygen atoms in total. The standard InChI is InChI=1S/C25H37N3O4/c1-31-22-7-5-6-20(18-22)19-27-13-10-21(8-9-23(27)29)26-24(30)25(11-3-2-4-12-25)28-14-16-32-17-15-28/h5-7,18,21H,2-4,8-17,19H2,1H3,(H,26,30). The molecular formula is C25H37N3O4. The lowest BCUT2D eigenvalue weighted by atomic mass is 9.79. The van der Waals surface area contributed by atoms with Gasteiger partial charge in [-0.15, -0.1) is 0 Å². The quantitative estimate of drug-likeness (QED) is 0.732. The second-order valence-electron chi connectivity index (χ2n) is 9.36. The van der Waals surface area contributed by atoms with Crippen molar-refractivity contribution in [1.82, 2.24) is 15.1 Å². The van der Waals surface area contributed by atoms with Crippen molar-refractivity contribution >= 4 is 11.8 Å². The van der Waals surface area contributed by atoms with Gasteiger partial charge >= 0.3 is 0 Å². The average molecular weight is 444 g/mol. The van der Waals surface area contributed by atoms with E-state index < -0.39 is 5.54 Å². The largest absolute Gasteiger partial charge is 0.497 e. The lowest BCUT2D eigenvalue weighted by Crippen LogP contribution is -2.63. The summed E-state index contributed by atoms with van der Waals surface area (Å²) in [5.41, 5.74) is 0.659. The third kappa shape index (κ3) is 5.26. The molecule has 0 bridgehead atoms. The fraction of sp³-hybridized carbons (Fsp3) is 0.680. The van der Waals surface area contributed by atoms with Crippen molar-refractivity contribution in [1.29, 1.82) is 0 Å². The predicted molar refractivity (Wildman–Crippen MR) is 122 cm³/mol. The number of amides is 2. The minimum atomic E-state index is -0.404. The molecule has 2 heterocycles. The molecule has 4 rings (SSSR count). The number of rotatable bonds is 6. The predicted octanol–water partition coefficient (Wildman–Crippen LogP) is 2.73. The second-order valence-corrected chi connectivity index (χ2v) is 9.36. The normalized spacial score (nSPS) is 24.6. The van der Waals surface area contributed by atoms with E-state index >= 15 is 0 Å². The summed E-state index contributed by atoms with van der Waals surface area (Å²) in [4.78, 5) is 30.7. The number of methoxy groups -OCH3 is 1. The SMILES string of the molecule is COc1cccc(CN2CCC(NC(=O)C3(N4CCOCC4)CCCCC3)CCC2=O)c1. The fourth-order valence-corrected chi connectivity index (χ4v) is 5.47. The van der Waals surface area contributed by atoms with Crippen LogP contribution >= 0.6 is 0 Å². The monoisotopic (exact) mass is 443 g/mol. The van der Waals surface area contributed by atoms with Gasteiger partial charge in [-0.3, -0.25) is 14.5 Å². The average Bonchev–Trinajstić information content (AvgIpc) is 3.01. The lowest BCUT2D eigenvalue weighted by molar-refractivity contribution is -0.141. The van der Waals surface area contributed by atoms with Crippen LogP contribution in [0.1, 0.15) is 56.9 Å². The Balaban J connectivity index is 1.38. The number of benzene rings is 1. The first kappa shape index (κ1) is 23.1. The van der Waals surface area contributed by atoms with E-state index in [0.29, 0.717) is 39.1 Å². The number of likely N-dealkylation sites (tertiary alicyclic amines) is 1. The Hall–Kier alpha value is -2.12. The molecule has 32 heavy (non-hydrogen) atoms. The summed E-state index contributed by atoms with van der Waals surface area (Å²) in [5, 5.41) is 3.37. The molecule has 0 spiro atoms. The van der Waals surface area contributed by atoms with E-state index in [0.717, 1.165) is 56.5 Å². The molecule has 1 N–H and O–H groups in total. The smallest absolute Gasteiger partial charge is 0.240 e. The molecule has 0 radical (unpaired) electrons. The van der Waals surface area contributed by atoms with Crippen molar-refractivity contribution in [3.8, 4) is 5.75 Å². The summed E-state index contributed by atoms with van der Waals surface area (Å²) in [6, 6.07) is 7.91. The molecule has 1 saturated carbocycles. The van der Waals surface area contributed by atoms with Gasteiger partial charge in [0, 0.05) is 38.6 Å². The molecule has 2 amide bonds. The zero-order valence-electron chi connectivity index (χ0n) is 19.3. The van der Waals surface area contributed by atoms with Crippen molar-refractivity contribution in [3.05, 3.63) is 29.8 Å². The second kappa shape index (κ2) is 10.7. The number of carbonyl (C=O) groups excluding carboxylic acids is 2. The zero-order chi connectivity index (χ0) is 22.4. The maximum absolute atomic E-state index is 13.6. The Morgan fingerprint density at radius 1 is 1.16 bits per heavy atom. The maximum atomic E-state index is 13.6. The van der Waals surface area contributed by atoms with Gasteiger partial charge in [0.15, 0.2) is 0 Å². The van der Waals surface area contributed by atoms with Crippen LogP contribution in [0.25, 0.3) is 0 Å². The van der Waals surface area contributed by atoms with E-state index in [9.17, 15) is 9.59 Å². The summed E-state index contributed by atoms with van der Waals surface area (Å²) >= 11 is 0. The van der Waals surface area contributed by atoms with Crippen molar-refractivity contribution in [2.45, 2.75) is 69.5 Å². The van der Waals surface area contributed by atoms with Gasteiger partial charge in [0.1, 0.15) is 11.3 Å². The number of hydrogen-bond acceptors (Lipinski definition) is 5. The molecule has 3 fully saturated rings. The van der Waals surface area contributed by atoms with Gasteiger partial charge in [-0.05, 0) is 43.4 Å². The van der Waals surface area contributed by atoms with Crippen LogP contribution in [0.2, 0.25) is 0 Å². The summed E-state index contributed by atoms with van der Waals surface area (Å²) in [7, 11) is 1.65. The Morgan fingerprint density at radius 3 is 2.69 bits per heavy atom. The molecule has 7 heteroatoms.